The molecule has 1 aliphatic rings. The van der Waals surface area contributed by atoms with Crippen LogP contribution < -0.4 is 14.4 Å². The van der Waals surface area contributed by atoms with E-state index in [2.05, 4.69) is 4.90 Å². The quantitative estimate of drug-likeness (QED) is 0.427. The Bertz CT molecular complexity index is 1200. The molecule has 1 aliphatic heterocycles. The van der Waals surface area contributed by atoms with Gasteiger partial charge in [-0.25, -0.2) is 8.42 Å². The summed E-state index contributed by atoms with van der Waals surface area (Å²) in [5, 5.41) is 0. The highest BCUT2D eigenvalue weighted by molar-refractivity contribution is 7.89. The number of piperazine rings is 1. The first-order valence-electron chi connectivity index (χ1n) is 11.1. The van der Waals surface area contributed by atoms with Gasteiger partial charge in [-0.3, -0.25) is 4.79 Å². The molecule has 8 nitrogen and oxygen atoms in total. The minimum Gasteiger partial charge on any atom is -0.491 e. The number of sulfonamides is 1. The molecule has 4 rings (SSSR count). The molecule has 2 aromatic carbocycles. The first-order valence-corrected chi connectivity index (χ1v) is 12.6. The number of nitrogens with zero attached hydrogens (tertiary/aromatic N) is 2. The number of hydrogen-bond acceptors (Lipinski definition) is 7. The van der Waals surface area contributed by atoms with Crippen molar-refractivity contribution in [2.24, 2.45) is 0 Å². The van der Waals surface area contributed by atoms with Crippen molar-refractivity contribution in [3.05, 3.63) is 60.9 Å². The summed E-state index contributed by atoms with van der Waals surface area (Å²) in [4.78, 5) is 13.2. The van der Waals surface area contributed by atoms with Crippen LogP contribution in [0.4, 0.5) is 5.69 Å². The maximum absolute atomic E-state index is 13.1. The second-order valence-electron chi connectivity index (χ2n) is 8.16. The zero-order valence-corrected chi connectivity index (χ0v) is 20.0. The Morgan fingerprint density at radius 2 is 1.76 bits per heavy atom. The van der Waals surface area contributed by atoms with Crippen LogP contribution in [0.25, 0.3) is 11.3 Å². The zero-order chi connectivity index (χ0) is 24.1. The summed E-state index contributed by atoms with van der Waals surface area (Å²) in [5.74, 6) is 1.83. The summed E-state index contributed by atoms with van der Waals surface area (Å²) in [6, 6.07) is 15.9. The van der Waals surface area contributed by atoms with Gasteiger partial charge in [0.15, 0.2) is 6.29 Å². The topological polar surface area (TPSA) is 89.3 Å². The minimum absolute atomic E-state index is 0.0213. The fourth-order valence-electron chi connectivity index (χ4n) is 3.88. The van der Waals surface area contributed by atoms with E-state index in [1.165, 1.54) is 4.31 Å². The molecule has 34 heavy (non-hydrogen) atoms. The molecule has 180 valence electrons. The van der Waals surface area contributed by atoms with Crippen molar-refractivity contribution in [1.29, 1.82) is 0 Å². The van der Waals surface area contributed by atoms with Crippen LogP contribution >= 0.6 is 0 Å². The van der Waals surface area contributed by atoms with Crippen LogP contribution in [0.1, 0.15) is 13.8 Å². The van der Waals surface area contributed by atoms with E-state index in [-0.39, 0.29) is 17.6 Å². The Hall–Kier alpha value is -3.30. The third kappa shape index (κ3) is 5.26. The van der Waals surface area contributed by atoms with Gasteiger partial charge in [0, 0.05) is 37.9 Å². The average molecular weight is 485 g/mol. The Balaban J connectivity index is 1.46. The van der Waals surface area contributed by atoms with Crippen LogP contribution in [0.5, 0.6) is 11.5 Å². The van der Waals surface area contributed by atoms with Gasteiger partial charge in [0.25, 0.3) is 0 Å². The fourth-order valence-corrected chi connectivity index (χ4v) is 5.31. The lowest BCUT2D eigenvalue weighted by Gasteiger charge is -2.35. The number of carbonyl (C=O) groups excluding carboxylic acids is 1. The monoisotopic (exact) mass is 484 g/mol. The number of rotatable bonds is 9. The van der Waals surface area contributed by atoms with E-state index >= 15 is 0 Å². The third-order valence-electron chi connectivity index (χ3n) is 5.50. The molecule has 0 N–H and O–H groups in total. The molecule has 0 saturated carbocycles. The molecule has 0 unspecified atom stereocenters. The number of hydrogen-bond donors (Lipinski definition) is 0. The molecule has 1 saturated heterocycles. The van der Waals surface area contributed by atoms with Crippen molar-refractivity contribution in [3.8, 4) is 22.8 Å². The van der Waals surface area contributed by atoms with Gasteiger partial charge < -0.3 is 18.8 Å². The van der Waals surface area contributed by atoms with Crippen molar-refractivity contribution in [2.45, 2.75) is 24.8 Å². The maximum Gasteiger partial charge on any atom is 0.243 e. The molecule has 0 radical (unpaired) electrons. The van der Waals surface area contributed by atoms with Crippen molar-refractivity contribution >= 4 is 22.0 Å². The van der Waals surface area contributed by atoms with Gasteiger partial charge in [-0.2, -0.15) is 4.31 Å². The van der Waals surface area contributed by atoms with Gasteiger partial charge in [-0.05, 0) is 62.4 Å². The Morgan fingerprint density at radius 1 is 1.03 bits per heavy atom. The highest BCUT2D eigenvalue weighted by Crippen LogP contribution is 2.34. The second-order valence-corrected chi connectivity index (χ2v) is 10.1. The van der Waals surface area contributed by atoms with E-state index in [0.717, 1.165) is 11.3 Å². The van der Waals surface area contributed by atoms with Gasteiger partial charge in [0.05, 0.1) is 22.8 Å². The zero-order valence-electron chi connectivity index (χ0n) is 19.2. The van der Waals surface area contributed by atoms with Crippen molar-refractivity contribution in [1.82, 2.24) is 4.31 Å². The number of ether oxygens (including phenoxy) is 2. The summed E-state index contributed by atoms with van der Waals surface area (Å²) in [6.07, 6.45) is 2.30. The van der Waals surface area contributed by atoms with Crippen LogP contribution in [-0.2, 0) is 14.8 Å². The van der Waals surface area contributed by atoms with Gasteiger partial charge >= 0.3 is 0 Å². The first kappa shape index (κ1) is 23.8. The summed E-state index contributed by atoms with van der Waals surface area (Å²) in [5.41, 5.74) is 1.64. The second kappa shape index (κ2) is 10.3. The van der Waals surface area contributed by atoms with E-state index in [9.17, 15) is 13.2 Å². The van der Waals surface area contributed by atoms with E-state index in [1.807, 2.05) is 38.1 Å². The molecule has 0 bridgehead atoms. The average Bonchev–Trinajstić information content (AvgIpc) is 3.37. The van der Waals surface area contributed by atoms with Crippen LogP contribution in [0.15, 0.2) is 70.2 Å². The number of aldehydes is 1. The Morgan fingerprint density at radius 3 is 2.38 bits per heavy atom. The van der Waals surface area contributed by atoms with Crippen LogP contribution in [0, 0.1) is 0 Å². The predicted molar refractivity (Wildman–Crippen MR) is 129 cm³/mol. The molecule has 0 spiro atoms. The van der Waals surface area contributed by atoms with E-state index < -0.39 is 10.0 Å². The number of benzene rings is 2. The Kier molecular flexibility index (Phi) is 7.23. The first-order chi connectivity index (χ1) is 16.4. The number of carbonyl (C=O) groups is 1. The van der Waals surface area contributed by atoms with Gasteiger partial charge in [0.1, 0.15) is 23.9 Å². The fraction of sp³-hybridized carbons (Fsp3) is 0.320. The minimum atomic E-state index is -3.59. The summed E-state index contributed by atoms with van der Waals surface area (Å²) in [6.45, 7) is 5.55. The molecular weight excluding hydrogens is 456 g/mol. The van der Waals surface area contributed by atoms with Crippen molar-refractivity contribution in [3.63, 3.8) is 0 Å². The molecule has 1 aromatic heterocycles. The predicted octanol–water partition coefficient (Wildman–Crippen LogP) is 3.82. The lowest BCUT2D eigenvalue weighted by Crippen LogP contribution is -2.48. The number of anilines is 1. The largest absolute Gasteiger partial charge is 0.491 e. The lowest BCUT2D eigenvalue weighted by molar-refractivity contribution is -0.109. The van der Waals surface area contributed by atoms with Gasteiger partial charge in [-0.1, -0.05) is 0 Å². The number of furan rings is 1. The molecule has 0 aliphatic carbocycles. The van der Waals surface area contributed by atoms with Crippen LogP contribution in [0.2, 0.25) is 0 Å². The van der Waals surface area contributed by atoms with E-state index in [4.69, 9.17) is 13.9 Å². The maximum atomic E-state index is 13.1. The SMILES string of the molecule is CC(C)Oc1ccc(S(=O)(=O)N2CCN(c3ccc(-c4ccco4)c(OCC=O)c3)CC2)cc1. The summed E-state index contributed by atoms with van der Waals surface area (Å²) in [7, 11) is -3.59. The van der Waals surface area contributed by atoms with E-state index in [1.54, 1.807) is 36.6 Å². The van der Waals surface area contributed by atoms with Gasteiger partial charge in [0.2, 0.25) is 10.0 Å². The molecule has 1 fully saturated rings. The molecular formula is C25H28N2O6S. The molecule has 3 aromatic rings. The van der Waals surface area contributed by atoms with Crippen molar-refractivity contribution in [2.75, 3.05) is 37.7 Å². The van der Waals surface area contributed by atoms with Crippen molar-refractivity contribution < 1.29 is 27.1 Å². The summed E-state index contributed by atoms with van der Waals surface area (Å²) < 4.78 is 44.5. The molecule has 9 heteroatoms. The Labute approximate surface area is 199 Å². The summed E-state index contributed by atoms with van der Waals surface area (Å²) >= 11 is 0. The molecule has 0 amide bonds. The highest BCUT2D eigenvalue weighted by Gasteiger charge is 2.29. The standard InChI is InChI=1S/C25H28N2O6S/c1-19(2)33-21-6-8-22(9-7-21)34(29,30)27-13-11-26(12-14-27)20-5-10-23(24-4-3-16-31-24)25(18-20)32-17-15-28/h3-10,15-16,18-19H,11-14,17H2,1-2H3. The molecule has 0 atom stereocenters. The highest BCUT2D eigenvalue weighted by atomic mass is 32.2. The van der Waals surface area contributed by atoms with Gasteiger partial charge in [-0.15, -0.1) is 0 Å². The van der Waals surface area contributed by atoms with E-state index in [0.29, 0.717) is 49.7 Å². The third-order valence-corrected chi connectivity index (χ3v) is 7.41. The van der Waals surface area contributed by atoms with Crippen LogP contribution in [-0.4, -0.2) is 57.9 Å². The molecule has 2 heterocycles. The normalized spacial score (nSPS) is 14.9. The lowest BCUT2D eigenvalue weighted by atomic mass is 10.1. The van der Waals surface area contributed by atoms with Crippen LogP contribution in [0.3, 0.4) is 0 Å². The smallest absolute Gasteiger partial charge is 0.243 e.